The second kappa shape index (κ2) is 4.46. The molecule has 3 aliphatic rings. The fourth-order valence-corrected chi connectivity index (χ4v) is 4.06. The summed E-state index contributed by atoms with van der Waals surface area (Å²) in [5.41, 5.74) is 0.862. The minimum absolute atomic E-state index is 0.338. The van der Waals surface area contributed by atoms with E-state index in [1.54, 1.807) is 0 Å². The van der Waals surface area contributed by atoms with Crippen molar-refractivity contribution in [2.45, 2.75) is 63.6 Å². The molecule has 0 aromatic carbocycles. The number of ether oxygens (including phenoxy) is 1. The number of likely N-dealkylation sites (tertiary alicyclic amines) is 2. The first-order valence-corrected chi connectivity index (χ1v) is 7.61. The molecule has 0 aromatic heterocycles. The number of hydrogen-bond acceptors (Lipinski definition) is 3. The molecule has 0 aromatic rings. The van der Waals surface area contributed by atoms with Crippen LogP contribution >= 0.6 is 0 Å². The Bertz CT molecular complexity index is 298. The van der Waals surface area contributed by atoms with E-state index in [1.165, 1.54) is 45.3 Å². The minimum Gasteiger partial charge on any atom is -0.378 e. The van der Waals surface area contributed by atoms with E-state index in [-0.39, 0.29) is 0 Å². The van der Waals surface area contributed by atoms with E-state index in [2.05, 4.69) is 30.6 Å². The van der Waals surface area contributed by atoms with Crippen LogP contribution in [0, 0.1) is 0 Å². The Kier molecular flexibility index (Phi) is 3.20. The van der Waals surface area contributed by atoms with Crippen LogP contribution in [0.1, 0.15) is 46.5 Å². The van der Waals surface area contributed by atoms with Crippen molar-refractivity contribution in [3.8, 4) is 0 Å². The lowest BCUT2D eigenvalue weighted by Crippen LogP contribution is -2.61. The summed E-state index contributed by atoms with van der Waals surface area (Å²) in [5.74, 6) is 0. The highest BCUT2D eigenvalue weighted by Gasteiger charge is 2.48. The van der Waals surface area contributed by atoms with Gasteiger partial charge in [0.1, 0.15) is 0 Å². The topological polar surface area (TPSA) is 15.7 Å². The Morgan fingerprint density at radius 3 is 2.17 bits per heavy atom. The van der Waals surface area contributed by atoms with Gasteiger partial charge in [0.15, 0.2) is 0 Å². The largest absolute Gasteiger partial charge is 0.378 e. The van der Waals surface area contributed by atoms with Gasteiger partial charge in [-0.15, -0.1) is 0 Å². The molecule has 0 aliphatic carbocycles. The molecule has 104 valence electrons. The van der Waals surface area contributed by atoms with Crippen molar-refractivity contribution in [3.05, 3.63) is 0 Å². The monoisotopic (exact) mass is 252 g/mol. The van der Waals surface area contributed by atoms with E-state index in [1.807, 2.05) is 0 Å². The van der Waals surface area contributed by atoms with E-state index in [0.717, 1.165) is 19.3 Å². The molecule has 3 nitrogen and oxygen atoms in total. The number of hydrogen-bond donors (Lipinski definition) is 0. The molecule has 18 heavy (non-hydrogen) atoms. The van der Waals surface area contributed by atoms with Gasteiger partial charge in [0.25, 0.3) is 0 Å². The van der Waals surface area contributed by atoms with Gasteiger partial charge in [-0.25, -0.2) is 0 Å². The molecule has 0 unspecified atom stereocenters. The average Bonchev–Trinajstić information content (AvgIpc) is 2.59. The molecule has 3 heteroatoms. The maximum absolute atomic E-state index is 5.40. The van der Waals surface area contributed by atoms with Crippen LogP contribution in [0.3, 0.4) is 0 Å². The standard InChI is InChI=1S/C15H28N2O/c1-14(2,3)16-9-6-15(7-10-16)5-4-8-17(15)13-11-18-12-13/h13H,4-12H2,1-3H3. The zero-order valence-corrected chi connectivity index (χ0v) is 12.2. The van der Waals surface area contributed by atoms with Crippen LogP contribution in [0.25, 0.3) is 0 Å². The fourth-order valence-electron chi connectivity index (χ4n) is 4.06. The summed E-state index contributed by atoms with van der Waals surface area (Å²) in [4.78, 5) is 5.46. The van der Waals surface area contributed by atoms with Gasteiger partial charge in [-0.2, -0.15) is 0 Å². The SMILES string of the molecule is CC(C)(C)N1CCC2(CCCN2C2COC2)CC1. The molecule has 0 atom stereocenters. The highest BCUT2D eigenvalue weighted by Crippen LogP contribution is 2.41. The summed E-state index contributed by atoms with van der Waals surface area (Å²) < 4.78 is 5.40. The fraction of sp³-hybridized carbons (Fsp3) is 1.00. The van der Waals surface area contributed by atoms with Gasteiger partial charge in [-0.1, -0.05) is 0 Å². The lowest BCUT2D eigenvalue weighted by molar-refractivity contribution is -0.105. The Morgan fingerprint density at radius 1 is 1.00 bits per heavy atom. The lowest BCUT2D eigenvalue weighted by atomic mass is 9.82. The highest BCUT2D eigenvalue weighted by molar-refractivity contribution is 5.03. The maximum atomic E-state index is 5.40. The molecule has 0 radical (unpaired) electrons. The Morgan fingerprint density at radius 2 is 1.67 bits per heavy atom. The molecule has 0 N–H and O–H groups in total. The summed E-state index contributed by atoms with van der Waals surface area (Å²) in [6.07, 6.45) is 5.54. The molecule has 1 spiro atoms. The van der Waals surface area contributed by atoms with E-state index in [4.69, 9.17) is 4.74 Å². The predicted molar refractivity (Wildman–Crippen MR) is 73.8 cm³/mol. The molecule has 3 heterocycles. The van der Waals surface area contributed by atoms with E-state index < -0.39 is 0 Å². The first kappa shape index (κ1) is 12.9. The first-order chi connectivity index (χ1) is 8.51. The minimum atomic E-state index is 0.338. The van der Waals surface area contributed by atoms with Crippen LogP contribution in [0.5, 0.6) is 0 Å². The normalized spacial score (nSPS) is 30.8. The zero-order valence-electron chi connectivity index (χ0n) is 12.2. The van der Waals surface area contributed by atoms with Crippen LogP contribution in [-0.2, 0) is 4.74 Å². The maximum Gasteiger partial charge on any atom is 0.0645 e. The van der Waals surface area contributed by atoms with Gasteiger partial charge in [0, 0.05) is 24.2 Å². The third-order valence-electron chi connectivity index (χ3n) is 5.35. The van der Waals surface area contributed by atoms with Crippen molar-refractivity contribution >= 4 is 0 Å². The van der Waals surface area contributed by atoms with Crippen molar-refractivity contribution in [1.82, 2.24) is 9.80 Å². The average molecular weight is 252 g/mol. The molecular formula is C15H28N2O. The van der Waals surface area contributed by atoms with Crippen LogP contribution in [0.15, 0.2) is 0 Å². The summed E-state index contributed by atoms with van der Waals surface area (Å²) >= 11 is 0. The molecule has 0 saturated carbocycles. The van der Waals surface area contributed by atoms with E-state index in [9.17, 15) is 0 Å². The molecule has 0 amide bonds. The number of nitrogens with zero attached hydrogens (tertiary/aromatic N) is 2. The number of piperidine rings is 1. The Hall–Kier alpha value is -0.120. The third-order valence-corrected chi connectivity index (χ3v) is 5.35. The number of rotatable bonds is 1. The van der Waals surface area contributed by atoms with Gasteiger partial charge in [0.05, 0.1) is 19.3 Å². The third kappa shape index (κ3) is 2.10. The van der Waals surface area contributed by atoms with Gasteiger partial charge < -0.3 is 4.74 Å². The van der Waals surface area contributed by atoms with Crippen molar-refractivity contribution in [2.75, 3.05) is 32.8 Å². The Labute approximate surface area is 111 Å². The second-order valence-corrected chi connectivity index (χ2v) is 7.37. The van der Waals surface area contributed by atoms with Crippen molar-refractivity contribution < 1.29 is 4.74 Å². The van der Waals surface area contributed by atoms with Crippen LogP contribution in [0.4, 0.5) is 0 Å². The summed E-state index contributed by atoms with van der Waals surface area (Å²) in [5, 5.41) is 0. The molecule has 3 saturated heterocycles. The Balaban J connectivity index is 1.66. The van der Waals surface area contributed by atoms with Gasteiger partial charge in [-0.3, -0.25) is 9.80 Å². The van der Waals surface area contributed by atoms with Crippen molar-refractivity contribution in [1.29, 1.82) is 0 Å². The van der Waals surface area contributed by atoms with Gasteiger partial charge >= 0.3 is 0 Å². The smallest absolute Gasteiger partial charge is 0.0645 e. The molecule has 3 fully saturated rings. The second-order valence-electron chi connectivity index (χ2n) is 7.37. The zero-order chi connectivity index (χ0) is 12.8. The molecular weight excluding hydrogens is 224 g/mol. The quantitative estimate of drug-likeness (QED) is 0.711. The molecule has 0 bridgehead atoms. The van der Waals surface area contributed by atoms with Gasteiger partial charge in [0.2, 0.25) is 0 Å². The van der Waals surface area contributed by atoms with Crippen molar-refractivity contribution in [3.63, 3.8) is 0 Å². The van der Waals surface area contributed by atoms with E-state index in [0.29, 0.717) is 11.1 Å². The summed E-state index contributed by atoms with van der Waals surface area (Å²) in [6.45, 7) is 12.8. The van der Waals surface area contributed by atoms with Crippen molar-refractivity contribution in [2.24, 2.45) is 0 Å². The van der Waals surface area contributed by atoms with Crippen LogP contribution in [-0.4, -0.2) is 59.8 Å². The first-order valence-electron chi connectivity index (χ1n) is 7.61. The van der Waals surface area contributed by atoms with Crippen LogP contribution in [0.2, 0.25) is 0 Å². The van der Waals surface area contributed by atoms with Crippen LogP contribution < -0.4 is 0 Å². The van der Waals surface area contributed by atoms with Gasteiger partial charge in [-0.05, 0) is 53.0 Å². The highest BCUT2D eigenvalue weighted by atomic mass is 16.5. The summed E-state index contributed by atoms with van der Waals surface area (Å²) in [6, 6.07) is 0.730. The van der Waals surface area contributed by atoms with E-state index >= 15 is 0 Å². The predicted octanol–water partition coefficient (Wildman–Crippen LogP) is 2.11. The molecule has 3 aliphatic heterocycles. The lowest BCUT2D eigenvalue weighted by Gasteiger charge is -2.52. The summed E-state index contributed by atoms with van der Waals surface area (Å²) in [7, 11) is 0. The molecule has 3 rings (SSSR count).